The second-order valence-corrected chi connectivity index (χ2v) is 4.54. The first-order chi connectivity index (χ1) is 9.16. The zero-order chi connectivity index (χ0) is 13.4. The minimum absolute atomic E-state index is 0.313. The van der Waals surface area contributed by atoms with Crippen molar-refractivity contribution in [1.82, 2.24) is 15.4 Å². The van der Waals surface area contributed by atoms with Crippen LogP contribution in [0, 0.1) is 13.8 Å². The van der Waals surface area contributed by atoms with Gasteiger partial charge in [-0.3, -0.25) is 5.10 Å². The summed E-state index contributed by atoms with van der Waals surface area (Å²) in [4.78, 5) is 0. The highest BCUT2D eigenvalue weighted by Crippen LogP contribution is 2.35. The van der Waals surface area contributed by atoms with Gasteiger partial charge in [-0.05, 0) is 36.6 Å². The van der Waals surface area contributed by atoms with E-state index in [1.807, 2.05) is 12.1 Å². The van der Waals surface area contributed by atoms with Gasteiger partial charge in [-0.2, -0.15) is 5.10 Å². The van der Waals surface area contributed by atoms with Crippen LogP contribution in [0.5, 0.6) is 0 Å². The van der Waals surface area contributed by atoms with Crippen molar-refractivity contribution in [3.05, 3.63) is 41.6 Å². The van der Waals surface area contributed by atoms with E-state index in [0.29, 0.717) is 11.6 Å². The predicted molar refractivity (Wildman–Crippen MR) is 73.4 cm³/mol. The predicted octanol–water partition coefficient (Wildman–Crippen LogP) is 2.93. The van der Waals surface area contributed by atoms with Crippen LogP contribution < -0.4 is 5.73 Å². The minimum atomic E-state index is 0.313. The maximum absolute atomic E-state index is 5.90. The van der Waals surface area contributed by atoms with Gasteiger partial charge in [0.15, 0.2) is 0 Å². The molecule has 1 aromatic carbocycles. The molecule has 0 saturated heterocycles. The van der Waals surface area contributed by atoms with Crippen LogP contribution in [0.3, 0.4) is 0 Å². The quantitative estimate of drug-likeness (QED) is 0.736. The molecule has 3 rings (SSSR count). The van der Waals surface area contributed by atoms with Gasteiger partial charge in [-0.25, -0.2) is 0 Å². The molecule has 0 bridgehead atoms. The highest BCUT2D eigenvalue weighted by atomic mass is 16.5. The lowest BCUT2D eigenvalue weighted by atomic mass is 9.99. The first-order valence-electron chi connectivity index (χ1n) is 5.99. The van der Waals surface area contributed by atoms with Crippen LogP contribution in [0.25, 0.3) is 22.5 Å². The molecule has 0 radical (unpaired) electrons. The summed E-state index contributed by atoms with van der Waals surface area (Å²) in [6.07, 6.45) is 1.67. The van der Waals surface area contributed by atoms with Gasteiger partial charge < -0.3 is 10.3 Å². The molecular formula is C14H14N4O. The number of nitrogens with two attached hydrogens (primary N) is 1. The average Bonchev–Trinajstić information content (AvgIpc) is 3.01. The van der Waals surface area contributed by atoms with Crippen LogP contribution in [0.1, 0.15) is 11.1 Å². The molecule has 0 saturated carbocycles. The molecule has 3 N–H and O–H groups in total. The topological polar surface area (TPSA) is 80.7 Å². The van der Waals surface area contributed by atoms with Crippen molar-refractivity contribution in [2.75, 3.05) is 5.73 Å². The molecule has 0 spiro atoms. The molecular weight excluding hydrogens is 240 g/mol. The molecule has 0 aliphatic rings. The highest BCUT2D eigenvalue weighted by molar-refractivity contribution is 5.85. The Hall–Kier alpha value is -2.56. The lowest BCUT2D eigenvalue weighted by molar-refractivity contribution is 0.439. The Balaban J connectivity index is 2.19. The van der Waals surface area contributed by atoms with Gasteiger partial charge in [-0.15, -0.1) is 0 Å². The molecule has 96 valence electrons. The van der Waals surface area contributed by atoms with E-state index in [1.54, 1.807) is 6.20 Å². The number of hydrogen-bond acceptors (Lipinski definition) is 4. The normalized spacial score (nSPS) is 10.8. The number of aromatic amines is 1. The monoisotopic (exact) mass is 254 g/mol. The molecule has 5 nitrogen and oxygen atoms in total. The number of anilines is 1. The van der Waals surface area contributed by atoms with Gasteiger partial charge in [0.1, 0.15) is 5.69 Å². The lowest BCUT2D eigenvalue weighted by Gasteiger charge is -2.05. The van der Waals surface area contributed by atoms with Crippen molar-refractivity contribution in [1.29, 1.82) is 0 Å². The van der Waals surface area contributed by atoms with Crippen molar-refractivity contribution in [3.63, 3.8) is 0 Å². The zero-order valence-corrected chi connectivity index (χ0v) is 10.8. The Morgan fingerprint density at radius 1 is 1.16 bits per heavy atom. The van der Waals surface area contributed by atoms with Gasteiger partial charge in [0.05, 0.1) is 11.3 Å². The molecule has 0 atom stereocenters. The number of H-pyrrole nitrogens is 1. The maximum Gasteiger partial charge on any atom is 0.230 e. The summed E-state index contributed by atoms with van der Waals surface area (Å²) in [6, 6.07) is 8.00. The van der Waals surface area contributed by atoms with Crippen molar-refractivity contribution < 1.29 is 4.52 Å². The van der Waals surface area contributed by atoms with Gasteiger partial charge in [0.25, 0.3) is 0 Å². The highest BCUT2D eigenvalue weighted by Gasteiger charge is 2.18. The third kappa shape index (κ3) is 1.89. The Morgan fingerprint density at radius 2 is 2.00 bits per heavy atom. The smallest absolute Gasteiger partial charge is 0.230 e. The number of rotatable bonds is 2. The summed E-state index contributed by atoms with van der Waals surface area (Å²) in [5.74, 6) is 0.313. The van der Waals surface area contributed by atoms with E-state index in [1.165, 1.54) is 11.1 Å². The summed E-state index contributed by atoms with van der Waals surface area (Å²) >= 11 is 0. The van der Waals surface area contributed by atoms with E-state index < -0.39 is 0 Å². The summed E-state index contributed by atoms with van der Waals surface area (Å²) in [7, 11) is 0. The fourth-order valence-electron chi connectivity index (χ4n) is 2.05. The molecule has 0 aliphatic heterocycles. The van der Waals surface area contributed by atoms with Gasteiger partial charge in [-0.1, -0.05) is 23.4 Å². The second-order valence-electron chi connectivity index (χ2n) is 4.54. The summed E-state index contributed by atoms with van der Waals surface area (Å²) < 4.78 is 5.12. The number of nitrogens with zero attached hydrogens (tertiary/aromatic N) is 2. The fourth-order valence-corrected chi connectivity index (χ4v) is 2.05. The van der Waals surface area contributed by atoms with Gasteiger partial charge in [0, 0.05) is 6.20 Å². The first kappa shape index (κ1) is 11.5. The third-order valence-corrected chi connectivity index (χ3v) is 3.27. The number of hydrogen-bond donors (Lipinski definition) is 2. The molecule has 5 heteroatoms. The largest absolute Gasteiger partial charge is 0.367 e. The second kappa shape index (κ2) is 4.28. The standard InChI is InChI=1S/C14H14N4O/c1-8-3-4-10(7-9(8)2)12-13(18-19-14(12)15)11-5-6-16-17-11/h3-7H,15H2,1-2H3,(H,16,17). The Kier molecular flexibility index (Phi) is 2.59. The number of nitrogens with one attached hydrogen (secondary N) is 1. The van der Waals surface area contributed by atoms with Crippen LogP contribution in [-0.4, -0.2) is 15.4 Å². The van der Waals surface area contributed by atoms with Crippen molar-refractivity contribution in [2.45, 2.75) is 13.8 Å². The molecule has 2 aromatic heterocycles. The van der Waals surface area contributed by atoms with E-state index in [2.05, 4.69) is 41.3 Å². The SMILES string of the molecule is Cc1ccc(-c2c(-c3ccn[nH]3)noc2N)cc1C. The Labute approximate surface area is 110 Å². The fraction of sp³-hybridized carbons (Fsp3) is 0.143. The number of benzene rings is 1. The minimum Gasteiger partial charge on any atom is -0.367 e. The Bertz CT molecular complexity index is 713. The van der Waals surface area contributed by atoms with E-state index in [0.717, 1.165) is 16.8 Å². The van der Waals surface area contributed by atoms with Crippen molar-refractivity contribution in [3.8, 4) is 22.5 Å². The van der Waals surface area contributed by atoms with Crippen LogP contribution >= 0.6 is 0 Å². The van der Waals surface area contributed by atoms with Crippen LogP contribution in [0.4, 0.5) is 5.88 Å². The summed E-state index contributed by atoms with van der Waals surface area (Å²) in [5, 5.41) is 10.8. The summed E-state index contributed by atoms with van der Waals surface area (Å²) in [5.41, 5.74) is 11.6. The summed E-state index contributed by atoms with van der Waals surface area (Å²) in [6.45, 7) is 4.14. The molecule has 2 heterocycles. The van der Waals surface area contributed by atoms with E-state index in [4.69, 9.17) is 10.3 Å². The number of aromatic nitrogens is 3. The van der Waals surface area contributed by atoms with E-state index in [-0.39, 0.29) is 0 Å². The third-order valence-electron chi connectivity index (χ3n) is 3.27. The van der Waals surface area contributed by atoms with Crippen LogP contribution in [0.15, 0.2) is 35.0 Å². The molecule has 3 aromatic rings. The number of aryl methyl sites for hydroxylation is 2. The van der Waals surface area contributed by atoms with Crippen LogP contribution in [-0.2, 0) is 0 Å². The van der Waals surface area contributed by atoms with Crippen molar-refractivity contribution in [2.24, 2.45) is 0 Å². The molecule has 0 fully saturated rings. The van der Waals surface area contributed by atoms with Crippen molar-refractivity contribution >= 4 is 5.88 Å². The molecule has 0 unspecified atom stereocenters. The van der Waals surface area contributed by atoms with Gasteiger partial charge in [0.2, 0.25) is 5.88 Å². The average molecular weight is 254 g/mol. The number of nitrogen functional groups attached to an aromatic ring is 1. The van der Waals surface area contributed by atoms with Crippen LogP contribution in [0.2, 0.25) is 0 Å². The van der Waals surface area contributed by atoms with E-state index >= 15 is 0 Å². The lowest BCUT2D eigenvalue weighted by Crippen LogP contribution is -1.90. The maximum atomic E-state index is 5.90. The molecule has 0 aliphatic carbocycles. The first-order valence-corrected chi connectivity index (χ1v) is 5.99. The Morgan fingerprint density at radius 3 is 2.68 bits per heavy atom. The molecule has 19 heavy (non-hydrogen) atoms. The molecule has 0 amide bonds. The van der Waals surface area contributed by atoms with E-state index in [9.17, 15) is 0 Å². The zero-order valence-electron chi connectivity index (χ0n) is 10.8. The van der Waals surface area contributed by atoms with Gasteiger partial charge >= 0.3 is 0 Å².